The van der Waals surface area contributed by atoms with Crippen molar-refractivity contribution in [1.29, 1.82) is 0 Å². The molecular weight excluding hydrogens is 361 g/mol. The number of piperidine rings is 1. The van der Waals surface area contributed by atoms with Crippen LogP contribution in [0.2, 0.25) is 0 Å². The highest BCUT2D eigenvalue weighted by Gasteiger charge is 2.16. The first-order valence-electron chi connectivity index (χ1n) is 8.79. The molecule has 3 rings (SSSR count). The first kappa shape index (κ1) is 22.5. The van der Waals surface area contributed by atoms with Crippen LogP contribution in [0.1, 0.15) is 18.4 Å². The summed E-state index contributed by atoms with van der Waals surface area (Å²) in [6.45, 7) is 8.52. The van der Waals surface area contributed by atoms with Gasteiger partial charge in [0, 0.05) is 38.8 Å². The minimum Gasteiger partial charge on any atom is -0.492 e. The summed E-state index contributed by atoms with van der Waals surface area (Å²) in [5.41, 5.74) is 7.37. The van der Waals surface area contributed by atoms with Crippen LogP contribution in [0.25, 0.3) is 0 Å². The van der Waals surface area contributed by atoms with Crippen molar-refractivity contribution in [2.45, 2.75) is 25.4 Å². The molecular formula is C18H31Cl2N3O2. The van der Waals surface area contributed by atoms with Crippen LogP contribution in [0.15, 0.2) is 24.3 Å². The van der Waals surface area contributed by atoms with E-state index >= 15 is 0 Å². The van der Waals surface area contributed by atoms with Gasteiger partial charge in [0.15, 0.2) is 0 Å². The second-order valence-electron chi connectivity index (χ2n) is 6.59. The highest BCUT2D eigenvalue weighted by Crippen LogP contribution is 2.17. The fourth-order valence-corrected chi connectivity index (χ4v) is 3.34. The Morgan fingerprint density at radius 3 is 2.68 bits per heavy atom. The third kappa shape index (κ3) is 7.69. The number of hydrogen-bond acceptors (Lipinski definition) is 5. The molecule has 5 nitrogen and oxygen atoms in total. The molecule has 1 atom stereocenters. The molecule has 0 spiro atoms. The normalized spacial score (nSPS) is 21.9. The lowest BCUT2D eigenvalue weighted by Gasteiger charge is -2.30. The summed E-state index contributed by atoms with van der Waals surface area (Å²) in [7, 11) is 0. The quantitative estimate of drug-likeness (QED) is 0.804. The largest absolute Gasteiger partial charge is 0.492 e. The Morgan fingerprint density at radius 2 is 1.92 bits per heavy atom. The van der Waals surface area contributed by atoms with Gasteiger partial charge in [-0.05, 0) is 37.1 Å². The van der Waals surface area contributed by atoms with Crippen LogP contribution in [-0.2, 0) is 11.3 Å². The summed E-state index contributed by atoms with van der Waals surface area (Å²) in [5, 5.41) is 0. The molecule has 2 aliphatic rings. The van der Waals surface area contributed by atoms with E-state index in [4.69, 9.17) is 15.2 Å². The Hall–Kier alpha value is -0.560. The highest BCUT2D eigenvalue weighted by atomic mass is 35.5. The van der Waals surface area contributed by atoms with Gasteiger partial charge in [0.25, 0.3) is 0 Å². The first-order valence-corrected chi connectivity index (χ1v) is 8.79. The van der Waals surface area contributed by atoms with Gasteiger partial charge in [0.05, 0.1) is 13.2 Å². The summed E-state index contributed by atoms with van der Waals surface area (Å²) in [4.78, 5) is 4.84. The van der Waals surface area contributed by atoms with Crippen LogP contribution in [0, 0.1) is 0 Å². The van der Waals surface area contributed by atoms with Crippen molar-refractivity contribution in [2.24, 2.45) is 5.73 Å². The average Bonchev–Trinajstić information content (AvgIpc) is 2.56. The molecule has 1 aromatic rings. The lowest BCUT2D eigenvalue weighted by Crippen LogP contribution is -2.42. The van der Waals surface area contributed by atoms with E-state index in [1.54, 1.807) is 0 Å². The van der Waals surface area contributed by atoms with Crippen molar-refractivity contribution in [2.75, 3.05) is 52.5 Å². The van der Waals surface area contributed by atoms with Crippen LogP contribution in [0.3, 0.4) is 0 Å². The number of nitrogens with zero attached hydrogens (tertiary/aromatic N) is 2. The van der Waals surface area contributed by atoms with Crippen molar-refractivity contribution >= 4 is 24.8 Å². The molecule has 0 bridgehead atoms. The number of ether oxygens (including phenoxy) is 2. The number of likely N-dealkylation sites (tertiary alicyclic amines) is 1. The minimum atomic E-state index is 0. The van der Waals surface area contributed by atoms with Crippen molar-refractivity contribution in [3.05, 3.63) is 29.8 Å². The standard InChI is InChI=1S/C18H29N3O2.2ClH/c19-17-4-2-6-21(15-17)14-16-3-1-5-18(13-16)23-12-9-20-7-10-22-11-8-20;;/h1,3,5,13,17H,2,4,6-12,14-15,19H2;2*1H. The third-order valence-corrected chi connectivity index (χ3v) is 4.63. The van der Waals surface area contributed by atoms with E-state index in [9.17, 15) is 0 Å². The average molecular weight is 392 g/mol. The molecule has 7 heteroatoms. The Bertz CT molecular complexity index is 487. The van der Waals surface area contributed by atoms with E-state index in [0.29, 0.717) is 6.04 Å². The lowest BCUT2D eigenvalue weighted by molar-refractivity contribution is 0.0322. The van der Waals surface area contributed by atoms with Gasteiger partial charge in [0.1, 0.15) is 12.4 Å². The summed E-state index contributed by atoms with van der Waals surface area (Å²) < 4.78 is 11.3. The monoisotopic (exact) mass is 391 g/mol. The highest BCUT2D eigenvalue weighted by molar-refractivity contribution is 5.85. The summed E-state index contributed by atoms with van der Waals surface area (Å²) in [5.74, 6) is 0.970. The van der Waals surface area contributed by atoms with Gasteiger partial charge in [-0.25, -0.2) is 0 Å². The molecule has 0 radical (unpaired) electrons. The second-order valence-corrected chi connectivity index (χ2v) is 6.59. The predicted molar refractivity (Wildman–Crippen MR) is 106 cm³/mol. The Morgan fingerprint density at radius 1 is 1.12 bits per heavy atom. The number of rotatable bonds is 6. The van der Waals surface area contributed by atoms with E-state index in [1.807, 2.05) is 6.07 Å². The van der Waals surface area contributed by atoms with Crippen molar-refractivity contribution in [3.8, 4) is 5.75 Å². The first-order chi connectivity index (χ1) is 11.3. The van der Waals surface area contributed by atoms with Crippen LogP contribution in [-0.4, -0.2) is 68.4 Å². The maximum atomic E-state index is 6.07. The van der Waals surface area contributed by atoms with Crippen LogP contribution >= 0.6 is 24.8 Å². The molecule has 2 heterocycles. The Kier molecular flexibility index (Phi) is 10.7. The zero-order chi connectivity index (χ0) is 15.9. The Balaban J connectivity index is 0.00000156. The fraction of sp³-hybridized carbons (Fsp3) is 0.667. The van der Waals surface area contributed by atoms with Crippen molar-refractivity contribution in [1.82, 2.24) is 9.80 Å². The fourth-order valence-electron chi connectivity index (χ4n) is 3.34. The lowest BCUT2D eigenvalue weighted by atomic mass is 10.1. The molecule has 2 saturated heterocycles. The number of benzene rings is 1. The molecule has 1 unspecified atom stereocenters. The van der Waals surface area contributed by atoms with Gasteiger partial charge >= 0.3 is 0 Å². The van der Waals surface area contributed by atoms with E-state index in [2.05, 4.69) is 28.0 Å². The zero-order valence-electron chi connectivity index (χ0n) is 14.8. The van der Waals surface area contributed by atoms with E-state index in [1.165, 1.54) is 12.0 Å². The molecule has 0 aliphatic carbocycles. The molecule has 0 saturated carbocycles. The van der Waals surface area contributed by atoms with Gasteiger partial charge in [0.2, 0.25) is 0 Å². The summed E-state index contributed by atoms with van der Waals surface area (Å²) in [6.07, 6.45) is 2.36. The zero-order valence-corrected chi connectivity index (χ0v) is 16.4. The molecule has 2 N–H and O–H groups in total. The second kappa shape index (κ2) is 11.9. The molecule has 2 fully saturated rings. The van der Waals surface area contributed by atoms with Crippen LogP contribution < -0.4 is 10.5 Å². The molecule has 144 valence electrons. The number of halogens is 2. The topological polar surface area (TPSA) is 51.0 Å². The van der Waals surface area contributed by atoms with Gasteiger partial charge in [-0.15, -0.1) is 24.8 Å². The number of hydrogen-bond donors (Lipinski definition) is 1. The summed E-state index contributed by atoms with van der Waals surface area (Å²) >= 11 is 0. The summed E-state index contributed by atoms with van der Waals surface area (Å²) in [6, 6.07) is 8.80. The third-order valence-electron chi connectivity index (χ3n) is 4.63. The van der Waals surface area contributed by atoms with Gasteiger partial charge in [-0.1, -0.05) is 12.1 Å². The van der Waals surface area contributed by atoms with Gasteiger partial charge in [-0.2, -0.15) is 0 Å². The minimum absolute atomic E-state index is 0. The predicted octanol–water partition coefficient (Wildman–Crippen LogP) is 2.16. The smallest absolute Gasteiger partial charge is 0.119 e. The molecule has 0 amide bonds. The van der Waals surface area contributed by atoms with Crippen LogP contribution in [0.4, 0.5) is 0 Å². The molecule has 25 heavy (non-hydrogen) atoms. The molecule has 1 aromatic carbocycles. The number of morpholine rings is 1. The van der Waals surface area contributed by atoms with Gasteiger partial charge in [-0.3, -0.25) is 9.80 Å². The van der Waals surface area contributed by atoms with Crippen LogP contribution in [0.5, 0.6) is 5.75 Å². The Labute approximate surface area is 163 Å². The number of nitrogens with two attached hydrogens (primary N) is 1. The van der Waals surface area contributed by atoms with Crippen molar-refractivity contribution in [3.63, 3.8) is 0 Å². The van der Waals surface area contributed by atoms with E-state index in [-0.39, 0.29) is 24.8 Å². The maximum Gasteiger partial charge on any atom is 0.119 e. The maximum absolute atomic E-state index is 6.07. The van der Waals surface area contributed by atoms with Crippen molar-refractivity contribution < 1.29 is 9.47 Å². The SMILES string of the molecule is Cl.Cl.NC1CCCN(Cc2cccc(OCCN3CCOCC3)c2)C1. The molecule has 2 aliphatic heterocycles. The van der Waals surface area contributed by atoms with Gasteiger partial charge < -0.3 is 15.2 Å². The van der Waals surface area contributed by atoms with E-state index < -0.39 is 0 Å². The van der Waals surface area contributed by atoms with E-state index in [0.717, 1.165) is 71.3 Å². The molecule has 0 aromatic heterocycles.